The lowest BCUT2D eigenvalue weighted by Gasteiger charge is -2.17. The van der Waals surface area contributed by atoms with Gasteiger partial charge in [0.15, 0.2) is 0 Å². The SMILES string of the molecule is COc1ccc2ccccc2c1[C@H](N)CCN. The van der Waals surface area contributed by atoms with Crippen molar-refractivity contribution in [3.05, 3.63) is 42.0 Å². The van der Waals surface area contributed by atoms with Crippen LogP contribution in [-0.2, 0) is 0 Å². The predicted molar refractivity (Wildman–Crippen MR) is 71.1 cm³/mol. The van der Waals surface area contributed by atoms with Crippen molar-refractivity contribution in [1.82, 2.24) is 0 Å². The molecular weight excluding hydrogens is 212 g/mol. The number of ether oxygens (including phenoxy) is 1. The quantitative estimate of drug-likeness (QED) is 0.846. The van der Waals surface area contributed by atoms with Gasteiger partial charge in [0.05, 0.1) is 7.11 Å². The van der Waals surface area contributed by atoms with Crippen LogP contribution in [0.2, 0.25) is 0 Å². The third-order valence-electron chi connectivity index (χ3n) is 3.00. The van der Waals surface area contributed by atoms with Crippen molar-refractivity contribution in [2.24, 2.45) is 11.5 Å². The first-order valence-corrected chi connectivity index (χ1v) is 5.79. The lowest BCUT2D eigenvalue weighted by molar-refractivity contribution is 0.405. The molecule has 0 aliphatic carbocycles. The Labute approximate surface area is 101 Å². The molecular formula is C14H18N2O. The topological polar surface area (TPSA) is 61.3 Å². The summed E-state index contributed by atoms with van der Waals surface area (Å²) in [4.78, 5) is 0. The highest BCUT2D eigenvalue weighted by atomic mass is 16.5. The average Bonchev–Trinajstić information content (AvgIpc) is 2.37. The minimum absolute atomic E-state index is 0.0824. The molecule has 90 valence electrons. The zero-order valence-corrected chi connectivity index (χ0v) is 10.0. The molecule has 0 spiro atoms. The molecule has 2 rings (SSSR count). The number of fused-ring (bicyclic) bond motifs is 1. The second-order valence-corrected chi connectivity index (χ2v) is 4.09. The van der Waals surface area contributed by atoms with Gasteiger partial charge in [0.1, 0.15) is 5.75 Å². The summed E-state index contributed by atoms with van der Waals surface area (Å²) in [6.45, 7) is 0.577. The summed E-state index contributed by atoms with van der Waals surface area (Å²) < 4.78 is 5.40. The smallest absolute Gasteiger partial charge is 0.124 e. The molecule has 0 fully saturated rings. The third kappa shape index (κ3) is 2.25. The standard InChI is InChI=1S/C14H18N2O/c1-17-13-7-6-10-4-2-3-5-11(10)14(13)12(16)8-9-15/h2-7,12H,8-9,15-16H2,1H3/t12-/m1/s1. The third-order valence-corrected chi connectivity index (χ3v) is 3.00. The Bertz CT molecular complexity index is 511. The van der Waals surface area contributed by atoms with Crippen LogP contribution in [-0.4, -0.2) is 13.7 Å². The summed E-state index contributed by atoms with van der Waals surface area (Å²) in [6.07, 6.45) is 0.754. The molecule has 0 bridgehead atoms. The van der Waals surface area contributed by atoms with E-state index in [-0.39, 0.29) is 6.04 Å². The number of nitrogens with two attached hydrogens (primary N) is 2. The second-order valence-electron chi connectivity index (χ2n) is 4.09. The molecule has 3 nitrogen and oxygen atoms in total. The van der Waals surface area contributed by atoms with E-state index in [1.165, 1.54) is 5.39 Å². The monoisotopic (exact) mass is 230 g/mol. The Morgan fingerprint density at radius 3 is 2.65 bits per heavy atom. The fraction of sp³-hybridized carbons (Fsp3) is 0.286. The minimum atomic E-state index is -0.0824. The fourth-order valence-electron chi connectivity index (χ4n) is 2.16. The van der Waals surface area contributed by atoms with Crippen molar-refractivity contribution < 1.29 is 4.74 Å². The number of rotatable bonds is 4. The predicted octanol–water partition coefficient (Wildman–Crippen LogP) is 2.20. The summed E-state index contributed by atoms with van der Waals surface area (Å²) in [5.41, 5.74) is 12.8. The molecule has 1 atom stereocenters. The van der Waals surface area contributed by atoms with Gasteiger partial charge in [-0.15, -0.1) is 0 Å². The van der Waals surface area contributed by atoms with E-state index in [0.29, 0.717) is 6.54 Å². The van der Waals surface area contributed by atoms with Gasteiger partial charge in [0.2, 0.25) is 0 Å². The summed E-state index contributed by atoms with van der Waals surface area (Å²) in [6, 6.07) is 12.1. The van der Waals surface area contributed by atoms with Crippen LogP contribution < -0.4 is 16.2 Å². The maximum Gasteiger partial charge on any atom is 0.124 e. The van der Waals surface area contributed by atoms with Crippen LogP contribution in [0, 0.1) is 0 Å². The second kappa shape index (κ2) is 5.17. The summed E-state index contributed by atoms with van der Waals surface area (Å²) in [5.74, 6) is 0.838. The molecule has 0 unspecified atom stereocenters. The molecule has 0 radical (unpaired) electrons. The van der Waals surface area contributed by atoms with Gasteiger partial charge in [-0.2, -0.15) is 0 Å². The highest BCUT2D eigenvalue weighted by Crippen LogP contribution is 2.33. The van der Waals surface area contributed by atoms with E-state index in [4.69, 9.17) is 16.2 Å². The van der Waals surface area contributed by atoms with Crippen molar-refractivity contribution in [3.63, 3.8) is 0 Å². The van der Waals surface area contributed by atoms with Crippen molar-refractivity contribution in [2.45, 2.75) is 12.5 Å². The van der Waals surface area contributed by atoms with Crippen molar-refractivity contribution >= 4 is 10.8 Å². The maximum absolute atomic E-state index is 6.19. The van der Waals surface area contributed by atoms with Gasteiger partial charge < -0.3 is 16.2 Å². The van der Waals surface area contributed by atoms with E-state index in [1.54, 1.807) is 7.11 Å². The number of methoxy groups -OCH3 is 1. The van der Waals surface area contributed by atoms with Crippen LogP contribution in [0.5, 0.6) is 5.75 Å². The molecule has 17 heavy (non-hydrogen) atoms. The lowest BCUT2D eigenvalue weighted by atomic mass is 9.96. The van der Waals surface area contributed by atoms with Crippen molar-refractivity contribution in [1.29, 1.82) is 0 Å². The summed E-state index contributed by atoms with van der Waals surface area (Å²) in [5, 5.41) is 2.32. The fourth-order valence-corrected chi connectivity index (χ4v) is 2.16. The molecule has 2 aromatic carbocycles. The van der Waals surface area contributed by atoms with E-state index in [0.717, 1.165) is 23.1 Å². The number of hydrogen-bond donors (Lipinski definition) is 2. The molecule has 3 heteroatoms. The average molecular weight is 230 g/mol. The van der Waals surface area contributed by atoms with Gasteiger partial charge in [-0.1, -0.05) is 30.3 Å². The zero-order chi connectivity index (χ0) is 12.3. The van der Waals surface area contributed by atoms with Gasteiger partial charge in [0, 0.05) is 11.6 Å². The minimum Gasteiger partial charge on any atom is -0.496 e. The molecule has 2 aromatic rings. The van der Waals surface area contributed by atoms with Crippen molar-refractivity contribution in [3.8, 4) is 5.75 Å². The van der Waals surface area contributed by atoms with E-state index in [1.807, 2.05) is 24.3 Å². The van der Waals surface area contributed by atoms with Gasteiger partial charge >= 0.3 is 0 Å². The van der Waals surface area contributed by atoms with E-state index < -0.39 is 0 Å². The Morgan fingerprint density at radius 1 is 1.18 bits per heavy atom. The van der Waals surface area contributed by atoms with Crippen LogP contribution in [0.3, 0.4) is 0 Å². The van der Waals surface area contributed by atoms with Crippen LogP contribution in [0.1, 0.15) is 18.0 Å². The zero-order valence-electron chi connectivity index (χ0n) is 10.0. The highest BCUT2D eigenvalue weighted by molar-refractivity contribution is 5.88. The molecule has 0 aromatic heterocycles. The normalized spacial score (nSPS) is 12.6. The summed E-state index contributed by atoms with van der Waals surface area (Å²) >= 11 is 0. The molecule has 0 saturated heterocycles. The molecule has 0 amide bonds. The van der Waals surface area contributed by atoms with E-state index >= 15 is 0 Å². The Kier molecular flexibility index (Phi) is 3.61. The Hall–Kier alpha value is -1.58. The van der Waals surface area contributed by atoms with Gasteiger partial charge in [-0.05, 0) is 29.8 Å². The lowest BCUT2D eigenvalue weighted by Crippen LogP contribution is -2.16. The molecule has 4 N–H and O–H groups in total. The molecule has 0 heterocycles. The van der Waals surface area contributed by atoms with Gasteiger partial charge in [0.25, 0.3) is 0 Å². The van der Waals surface area contributed by atoms with E-state index in [9.17, 15) is 0 Å². The largest absolute Gasteiger partial charge is 0.496 e. The highest BCUT2D eigenvalue weighted by Gasteiger charge is 2.14. The molecule has 0 aliphatic heterocycles. The first-order chi connectivity index (χ1) is 8.27. The van der Waals surface area contributed by atoms with Crippen LogP contribution in [0.4, 0.5) is 0 Å². The number of hydrogen-bond acceptors (Lipinski definition) is 3. The first-order valence-electron chi connectivity index (χ1n) is 5.79. The van der Waals surface area contributed by atoms with Gasteiger partial charge in [-0.3, -0.25) is 0 Å². The Morgan fingerprint density at radius 2 is 1.94 bits per heavy atom. The van der Waals surface area contributed by atoms with Gasteiger partial charge in [-0.25, -0.2) is 0 Å². The molecule has 0 saturated carbocycles. The Balaban J connectivity index is 2.62. The summed E-state index contributed by atoms with van der Waals surface area (Å²) in [7, 11) is 1.67. The molecule has 0 aliphatic rings. The van der Waals surface area contributed by atoms with Crippen molar-refractivity contribution in [2.75, 3.05) is 13.7 Å². The van der Waals surface area contributed by atoms with Crippen LogP contribution in [0.25, 0.3) is 10.8 Å². The maximum atomic E-state index is 6.19. The number of benzene rings is 2. The van der Waals surface area contributed by atoms with E-state index in [2.05, 4.69) is 12.1 Å². The first kappa shape index (κ1) is 11.9. The van der Waals surface area contributed by atoms with Crippen LogP contribution in [0.15, 0.2) is 36.4 Å². The van der Waals surface area contributed by atoms with Crippen LogP contribution >= 0.6 is 0 Å².